The number of carbonyl (C=O) groups excluding carboxylic acids is 2. The van der Waals surface area contributed by atoms with Crippen LogP contribution in [0.5, 0.6) is 5.75 Å². The quantitative estimate of drug-likeness (QED) is 0.850. The Kier molecular flexibility index (Phi) is 5.18. The highest BCUT2D eigenvalue weighted by Gasteiger charge is 2.53. The number of urea groups is 1. The normalized spacial score (nSPS) is 21.5. The molecule has 2 aromatic rings. The Morgan fingerprint density at radius 3 is 2.52 bits per heavy atom. The molecule has 0 aliphatic carbocycles. The number of rotatable bonds is 3. The number of amides is 3. The number of carbonyl (C=O) groups is 2. The van der Waals surface area contributed by atoms with E-state index in [2.05, 4.69) is 5.32 Å². The summed E-state index contributed by atoms with van der Waals surface area (Å²) < 4.78 is 5.23. The highest BCUT2D eigenvalue weighted by atomic mass is 16.5. The lowest BCUT2D eigenvalue weighted by Gasteiger charge is -2.44. The largest absolute Gasteiger partial charge is 0.497 e. The van der Waals surface area contributed by atoms with Gasteiger partial charge in [0.1, 0.15) is 11.3 Å². The van der Waals surface area contributed by atoms with Crippen molar-refractivity contribution in [3.63, 3.8) is 0 Å². The predicted octanol–water partition coefficient (Wildman–Crippen LogP) is 4.20. The summed E-state index contributed by atoms with van der Waals surface area (Å²) in [7, 11) is 1.59. The second kappa shape index (κ2) is 7.78. The number of nitrogens with one attached hydrogen (secondary N) is 1. The predicted molar refractivity (Wildman–Crippen MR) is 113 cm³/mol. The van der Waals surface area contributed by atoms with Crippen LogP contribution in [-0.2, 0) is 4.79 Å². The molecule has 1 unspecified atom stereocenters. The molecule has 0 aromatic heterocycles. The molecule has 0 saturated carbocycles. The van der Waals surface area contributed by atoms with Crippen LogP contribution in [0.15, 0.2) is 48.5 Å². The van der Waals surface area contributed by atoms with E-state index in [1.54, 1.807) is 18.1 Å². The number of anilines is 2. The van der Waals surface area contributed by atoms with Gasteiger partial charge in [-0.3, -0.25) is 4.79 Å². The van der Waals surface area contributed by atoms with Gasteiger partial charge in [0.2, 0.25) is 0 Å². The van der Waals surface area contributed by atoms with Gasteiger partial charge >= 0.3 is 6.03 Å². The van der Waals surface area contributed by atoms with E-state index in [0.29, 0.717) is 37.4 Å². The fourth-order valence-corrected chi connectivity index (χ4v) is 4.51. The van der Waals surface area contributed by atoms with Crippen molar-refractivity contribution in [2.75, 3.05) is 30.4 Å². The Hall–Kier alpha value is -3.02. The first-order chi connectivity index (χ1) is 14.0. The molecule has 2 aliphatic rings. The lowest BCUT2D eigenvalue weighted by molar-refractivity contribution is -0.129. The molecule has 152 valence electrons. The molecule has 2 aromatic carbocycles. The van der Waals surface area contributed by atoms with Gasteiger partial charge < -0.3 is 19.9 Å². The van der Waals surface area contributed by atoms with Crippen molar-refractivity contribution in [3.05, 3.63) is 54.1 Å². The van der Waals surface area contributed by atoms with E-state index in [1.165, 1.54) is 0 Å². The lowest BCUT2D eigenvalue weighted by atomic mass is 9.85. The Labute approximate surface area is 171 Å². The highest BCUT2D eigenvalue weighted by Crippen LogP contribution is 2.40. The zero-order valence-corrected chi connectivity index (χ0v) is 17.0. The van der Waals surface area contributed by atoms with Gasteiger partial charge in [-0.1, -0.05) is 23.8 Å². The van der Waals surface area contributed by atoms with E-state index in [0.717, 1.165) is 24.1 Å². The van der Waals surface area contributed by atoms with Gasteiger partial charge in [0.15, 0.2) is 0 Å². The van der Waals surface area contributed by atoms with Crippen molar-refractivity contribution < 1.29 is 14.3 Å². The third-order valence-electron chi connectivity index (χ3n) is 6.02. The van der Waals surface area contributed by atoms with E-state index in [1.807, 2.05) is 54.3 Å². The van der Waals surface area contributed by atoms with Crippen LogP contribution in [0, 0.1) is 6.92 Å². The average molecular weight is 393 g/mol. The molecular formula is C23H27N3O3. The van der Waals surface area contributed by atoms with Crippen LogP contribution in [0.3, 0.4) is 0 Å². The smallest absolute Gasteiger partial charge is 0.322 e. The first kappa shape index (κ1) is 19.3. The minimum absolute atomic E-state index is 0.0332. The molecule has 2 saturated heterocycles. The van der Waals surface area contributed by atoms with E-state index in [4.69, 9.17) is 4.74 Å². The van der Waals surface area contributed by atoms with E-state index in [-0.39, 0.29) is 11.9 Å². The van der Waals surface area contributed by atoms with Crippen molar-refractivity contribution in [2.45, 2.75) is 38.1 Å². The van der Waals surface area contributed by atoms with Gasteiger partial charge in [0.25, 0.3) is 5.91 Å². The minimum Gasteiger partial charge on any atom is -0.497 e. The second-order valence-electron chi connectivity index (χ2n) is 7.84. The standard InChI is InChI=1S/C23H27N3O3/c1-17-8-10-19(11-9-17)25-14-4-12-23(21(25)27)13-5-15-26(23)22(28)24-18-6-3-7-20(16-18)29-2/h3,6-11,16H,4-5,12-15H2,1-2H3,(H,24,28). The van der Waals surface area contributed by atoms with Crippen LogP contribution in [-0.4, -0.2) is 42.6 Å². The first-order valence-corrected chi connectivity index (χ1v) is 10.1. The number of nitrogens with zero attached hydrogens (tertiary/aromatic N) is 2. The first-order valence-electron chi connectivity index (χ1n) is 10.1. The number of hydrogen-bond acceptors (Lipinski definition) is 3. The maximum atomic E-state index is 13.6. The zero-order valence-electron chi connectivity index (χ0n) is 17.0. The maximum absolute atomic E-state index is 13.6. The molecular weight excluding hydrogens is 366 g/mol. The number of piperidine rings is 1. The molecule has 4 rings (SSSR count). The third-order valence-corrected chi connectivity index (χ3v) is 6.02. The zero-order chi connectivity index (χ0) is 20.4. The molecule has 1 atom stereocenters. The molecule has 2 fully saturated rings. The molecule has 0 bridgehead atoms. The molecule has 6 heteroatoms. The summed E-state index contributed by atoms with van der Waals surface area (Å²) in [5.74, 6) is 0.712. The molecule has 6 nitrogen and oxygen atoms in total. The summed E-state index contributed by atoms with van der Waals surface area (Å²) in [6, 6.07) is 15.1. The second-order valence-corrected chi connectivity index (χ2v) is 7.84. The molecule has 29 heavy (non-hydrogen) atoms. The molecule has 1 N–H and O–H groups in total. The van der Waals surface area contributed by atoms with Crippen LogP contribution in [0.25, 0.3) is 0 Å². The van der Waals surface area contributed by atoms with Gasteiger partial charge in [-0.25, -0.2) is 4.79 Å². The average Bonchev–Trinajstić information content (AvgIpc) is 3.16. The monoisotopic (exact) mass is 393 g/mol. The minimum atomic E-state index is -0.758. The Morgan fingerprint density at radius 2 is 1.79 bits per heavy atom. The Bertz CT molecular complexity index is 912. The third kappa shape index (κ3) is 3.55. The van der Waals surface area contributed by atoms with Crippen LogP contribution < -0.4 is 15.0 Å². The van der Waals surface area contributed by atoms with Gasteiger partial charge in [0.05, 0.1) is 7.11 Å². The molecule has 3 amide bonds. The van der Waals surface area contributed by atoms with Gasteiger partial charge in [-0.15, -0.1) is 0 Å². The fourth-order valence-electron chi connectivity index (χ4n) is 4.51. The number of hydrogen-bond donors (Lipinski definition) is 1. The maximum Gasteiger partial charge on any atom is 0.322 e. The fraction of sp³-hybridized carbons (Fsp3) is 0.391. The Balaban J connectivity index is 1.57. The van der Waals surface area contributed by atoms with Crippen molar-refractivity contribution in [1.82, 2.24) is 4.90 Å². The van der Waals surface area contributed by atoms with Gasteiger partial charge in [0, 0.05) is 30.5 Å². The summed E-state index contributed by atoms with van der Waals surface area (Å²) in [6.45, 7) is 3.31. The van der Waals surface area contributed by atoms with E-state index in [9.17, 15) is 9.59 Å². The molecule has 2 aliphatic heterocycles. The summed E-state index contributed by atoms with van der Waals surface area (Å²) in [5, 5.41) is 2.95. The van der Waals surface area contributed by atoms with E-state index < -0.39 is 5.54 Å². The van der Waals surface area contributed by atoms with Crippen molar-refractivity contribution >= 4 is 23.3 Å². The van der Waals surface area contributed by atoms with Crippen LogP contribution >= 0.6 is 0 Å². The topological polar surface area (TPSA) is 61.9 Å². The number of ether oxygens (including phenoxy) is 1. The highest BCUT2D eigenvalue weighted by molar-refractivity contribution is 6.04. The van der Waals surface area contributed by atoms with Crippen LogP contribution in [0.2, 0.25) is 0 Å². The van der Waals surface area contributed by atoms with Crippen molar-refractivity contribution in [1.29, 1.82) is 0 Å². The van der Waals surface area contributed by atoms with E-state index >= 15 is 0 Å². The Morgan fingerprint density at radius 1 is 1.07 bits per heavy atom. The summed E-state index contributed by atoms with van der Waals surface area (Å²) in [4.78, 5) is 30.3. The summed E-state index contributed by atoms with van der Waals surface area (Å²) in [5.41, 5.74) is 1.97. The van der Waals surface area contributed by atoms with Crippen molar-refractivity contribution in [2.24, 2.45) is 0 Å². The number of aryl methyl sites for hydroxylation is 1. The van der Waals surface area contributed by atoms with Crippen molar-refractivity contribution in [3.8, 4) is 5.75 Å². The lowest BCUT2D eigenvalue weighted by Crippen LogP contribution is -2.62. The van der Waals surface area contributed by atoms with Gasteiger partial charge in [-0.05, 0) is 56.9 Å². The molecule has 1 spiro atoms. The summed E-state index contributed by atoms with van der Waals surface area (Å²) in [6.07, 6.45) is 3.13. The number of likely N-dealkylation sites (tertiary alicyclic amines) is 1. The van der Waals surface area contributed by atoms with Crippen LogP contribution in [0.4, 0.5) is 16.2 Å². The number of benzene rings is 2. The molecule has 0 radical (unpaired) electrons. The summed E-state index contributed by atoms with van der Waals surface area (Å²) >= 11 is 0. The molecule has 2 heterocycles. The van der Waals surface area contributed by atoms with Gasteiger partial charge in [-0.2, -0.15) is 0 Å². The SMILES string of the molecule is COc1cccc(NC(=O)N2CCCC23CCCN(c2ccc(C)cc2)C3=O)c1. The number of methoxy groups -OCH3 is 1. The van der Waals surface area contributed by atoms with Crippen LogP contribution in [0.1, 0.15) is 31.2 Å².